The minimum atomic E-state index is -0.271. The summed E-state index contributed by atoms with van der Waals surface area (Å²) in [5, 5.41) is 23.1. The lowest BCUT2D eigenvalue weighted by atomic mass is 10.0. The molecule has 0 amide bonds. The quantitative estimate of drug-likeness (QED) is 0.619. The fraction of sp³-hybridized carbons (Fsp3) is 0.545. The van der Waals surface area contributed by atoms with Crippen molar-refractivity contribution in [3.63, 3.8) is 0 Å². The number of aliphatic hydroxyl groups is 1. The van der Waals surface area contributed by atoms with Gasteiger partial charge in [0.2, 0.25) is 0 Å². The van der Waals surface area contributed by atoms with Crippen LogP contribution in [0.3, 0.4) is 0 Å². The van der Waals surface area contributed by atoms with Gasteiger partial charge in [-0.1, -0.05) is 18.6 Å². The normalized spacial score (nSPS) is 13.3. The zero-order valence-corrected chi connectivity index (χ0v) is 18.7. The predicted octanol–water partition coefficient (Wildman–Crippen LogP) is 2.83. The maximum atomic E-state index is 12.8. The first-order valence-corrected chi connectivity index (χ1v) is 10.4. The van der Waals surface area contributed by atoms with Crippen LogP contribution in [-0.2, 0) is 12.1 Å². The summed E-state index contributed by atoms with van der Waals surface area (Å²) >= 11 is 0. The van der Waals surface area contributed by atoms with Crippen LogP contribution < -0.4 is 5.56 Å². The zero-order chi connectivity index (χ0) is 22.1. The molecule has 0 aliphatic carbocycles. The number of pyridine rings is 1. The number of fused-ring (bicyclic) bond motifs is 1. The summed E-state index contributed by atoms with van der Waals surface area (Å²) in [6.45, 7) is 13.1. The van der Waals surface area contributed by atoms with E-state index in [1.165, 1.54) is 0 Å². The second-order valence-corrected chi connectivity index (χ2v) is 8.91. The molecule has 2 aromatic heterocycles. The second-order valence-electron chi connectivity index (χ2n) is 8.91. The Balaban J connectivity index is 2.02. The molecule has 0 saturated heterocycles. The van der Waals surface area contributed by atoms with Gasteiger partial charge in [-0.3, -0.25) is 9.69 Å². The fourth-order valence-corrected chi connectivity index (χ4v) is 4.03. The Kier molecular flexibility index (Phi) is 6.38. The largest absolute Gasteiger partial charge is 0.395 e. The smallest absolute Gasteiger partial charge is 0.252 e. The number of aliphatic hydroxyl groups excluding tert-OH is 1. The molecule has 1 aromatic carbocycles. The molecule has 0 fully saturated rings. The van der Waals surface area contributed by atoms with Gasteiger partial charge in [-0.05, 0) is 74.5 Å². The summed E-state index contributed by atoms with van der Waals surface area (Å²) in [5.74, 6) is 0.738. The van der Waals surface area contributed by atoms with Crippen molar-refractivity contribution in [2.45, 2.75) is 66.1 Å². The summed E-state index contributed by atoms with van der Waals surface area (Å²) in [4.78, 5) is 18.0. The monoisotopic (exact) mass is 412 g/mol. The lowest BCUT2D eigenvalue weighted by Gasteiger charge is -2.31. The number of hydrogen-bond donors (Lipinski definition) is 2. The van der Waals surface area contributed by atoms with E-state index in [1.807, 2.05) is 17.7 Å². The van der Waals surface area contributed by atoms with Crippen molar-refractivity contribution in [3.8, 4) is 0 Å². The summed E-state index contributed by atoms with van der Waals surface area (Å²) in [6.07, 6.45) is 0.750. The third-order valence-corrected chi connectivity index (χ3v) is 5.39. The molecule has 0 saturated carbocycles. The van der Waals surface area contributed by atoms with E-state index in [0.717, 1.165) is 34.3 Å². The number of hydrogen-bond acceptors (Lipinski definition) is 6. The Bertz CT molecular complexity index is 1080. The summed E-state index contributed by atoms with van der Waals surface area (Å²) in [6, 6.07) is 5.98. The van der Waals surface area contributed by atoms with Gasteiger partial charge in [0.25, 0.3) is 5.56 Å². The van der Waals surface area contributed by atoms with Gasteiger partial charge in [-0.2, -0.15) is 0 Å². The average molecular weight is 413 g/mol. The Morgan fingerprint density at radius 1 is 1.23 bits per heavy atom. The highest BCUT2D eigenvalue weighted by atomic mass is 16.3. The van der Waals surface area contributed by atoms with Gasteiger partial charge in [-0.25, -0.2) is 4.68 Å². The van der Waals surface area contributed by atoms with E-state index in [2.05, 4.69) is 72.2 Å². The van der Waals surface area contributed by atoms with E-state index in [0.29, 0.717) is 18.7 Å². The van der Waals surface area contributed by atoms with Crippen LogP contribution in [0.1, 0.15) is 62.7 Å². The molecule has 3 aromatic rings. The number of nitrogens with one attached hydrogen (secondary N) is 1. The second kappa shape index (κ2) is 8.65. The Labute approximate surface area is 176 Å². The molecular formula is C22H32N6O2. The summed E-state index contributed by atoms with van der Waals surface area (Å²) < 4.78 is 1.82. The van der Waals surface area contributed by atoms with Gasteiger partial charge in [-0.15, -0.1) is 5.10 Å². The van der Waals surface area contributed by atoms with Crippen LogP contribution in [-0.4, -0.2) is 48.3 Å². The molecule has 0 aliphatic rings. The molecule has 2 N–H and O–H groups in total. The number of nitrogens with zero attached hydrogens (tertiary/aromatic N) is 5. The molecule has 1 atom stereocenters. The Hall–Kier alpha value is -2.58. The minimum Gasteiger partial charge on any atom is -0.395 e. The number of aromatic amines is 1. The number of benzene rings is 1. The molecule has 2 heterocycles. The molecule has 0 radical (unpaired) electrons. The number of aromatic nitrogens is 5. The molecule has 1 unspecified atom stereocenters. The van der Waals surface area contributed by atoms with Crippen molar-refractivity contribution in [2.24, 2.45) is 0 Å². The first kappa shape index (κ1) is 22.1. The third kappa shape index (κ3) is 4.44. The van der Waals surface area contributed by atoms with Crippen LogP contribution in [0.5, 0.6) is 0 Å². The standard InChI is InChI=1S/C22H32N6O2/c1-7-18(20-24-25-26-28(20)22(4,5)6)27(8-9-29)13-17-12-16-11-14(2)10-15(3)19(16)23-21(17)30/h10-12,18,29H,7-9,13H2,1-6H3,(H,23,30). The molecule has 8 heteroatoms. The molecule has 162 valence electrons. The van der Waals surface area contributed by atoms with E-state index < -0.39 is 0 Å². The highest BCUT2D eigenvalue weighted by Crippen LogP contribution is 2.27. The molecule has 30 heavy (non-hydrogen) atoms. The summed E-state index contributed by atoms with van der Waals surface area (Å²) in [7, 11) is 0. The van der Waals surface area contributed by atoms with Gasteiger partial charge in [0.1, 0.15) is 0 Å². The van der Waals surface area contributed by atoms with Crippen LogP contribution in [0.15, 0.2) is 23.0 Å². The van der Waals surface area contributed by atoms with Crippen molar-refractivity contribution < 1.29 is 5.11 Å². The van der Waals surface area contributed by atoms with E-state index in [9.17, 15) is 9.90 Å². The number of tetrazole rings is 1. The van der Waals surface area contributed by atoms with Gasteiger partial charge >= 0.3 is 0 Å². The zero-order valence-electron chi connectivity index (χ0n) is 18.7. The van der Waals surface area contributed by atoms with Crippen LogP contribution in [0, 0.1) is 13.8 Å². The minimum absolute atomic E-state index is 0.0166. The van der Waals surface area contributed by atoms with Crippen LogP contribution >= 0.6 is 0 Å². The van der Waals surface area contributed by atoms with Crippen molar-refractivity contribution >= 4 is 10.9 Å². The first-order chi connectivity index (χ1) is 14.2. The number of aryl methyl sites for hydroxylation is 2. The van der Waals surface area contributed by atoms with E-state index in [4.69, 9.17) is 0 Å². The highest BCUT2D eigenvalue weighted by molar-refractivity contribution is 5.82. The predicted molar refractivity (Wildman–Crippen MR) is 117 cm³/mol. The molecule has 0 aliphatic heterocycles. The molecular weight excluding hydrogens is 380 g/mol. The maximum absolute atomic E-state index is 12.8. The van der Waals surface area contributed by atoms with E-state index >= 15 is 0 Å². The van der Waals surface area contributed by atoms with Crippen molar-refractivity contribution in [3.05, 3.63) is 51.1 Å². The van der Waals surface area contributed by atoms with Crippen molar-refractivity contribution in [1.29, 1.82) is 0 Å². The van der Waals surface area contributed by atoms with Gasteiger partial charge in [0.15, 0.2) is 5.82 Å². The van der Waals surface area contributed by atoms with Gasteiger partial charge in [0.05, 0.1) is 23.7 Å². The Morgan fingerprint density at radius 3 is 2.60 bits per heavy atom. The molecule has 0 spiro atoms. The van der Waals surface area contributed by atoms with Crippen LogP contribution in [0.25, 0.3) is 10.9 Å². The molecule has 8 nitrogen and oxygen atoms in total. The van der Waals surface area contributed by atoms with Crippen molar-refractivity contribution in [2.75, 3.05) is 13.2 Å². The number of H-pyrrole nitrogens is 1. The maximum Gasteiger partial charge on any atom is 0.252 e. The fourth-order valence-electron chi connectivity index (χ4n) is 4.03. The van der Waals surface area contributed by atoms with Crippen LogP contribution in [0.2, 0.25) is 0 Å². The Morgan fingerprint density at radius 2 is 1.97 bits per heavy atom. The van der Waals surface area contributed by atoms with E-state index in [1.54, 1.807) is 0 Å². The van der Waals surface area contributed by atoms with Gasteiger partial charge < -0.3 is 10.1 Å². The van der Waals surface area contributed by atoms with E-state index in [-0.39, 0.29) is 23.7 Å². The first-order valence-electron chi connectivity index (χ1n) is 10.4. The average Bonchev–Trinajstić information content (AvgIpc) is 3.14. The lowest BCUT2D eigenvalue weighted by molar-refractivity contribution is 0.127. The van der Waals surface area contributed by atoms with Crippen molar-refractivity contribution in [1.82, 2.24) is 30.1 Å². The molecule has 0 bridgehead atoms. The highest BCUT2D eigenvalue weighted by Gasteiger charge is 2.29. The summed E-state index contributed by atoms with van der Waals surface area (Å²) in [5.41, 5.74) is 3.35. The SMILES string of the molecule is CCC(c1nnnn1C(C)(C)C)N(CCO)Cc1cc2cc(C)cc(C)c2[nH]c1=O. The third-order valence-electron chi connectivity index (χ3n) is 5.39. The number of rotatable bonds is 7. The lowest BCUT2D eigenvalue weighted by Crippen LogP contribution is -2.36. The topological polar surface area (TPSA) is 99.9 Å². The molecule has 3 rings (SSSR count). The van der Waals surface area contributed by atoms with Gasteiger partial charge in [0, 0.05) is 18.7 Å². The van der Waals surface area contributed by atoms with Crippen LogP contribution in [0.4, 0.5) is 0 Å².